The highest BCUT2D eigenvalue weighted by Gasteiger charge is 2.11. The molecule has 0 atom stereocenters. The van der Waals surface area contributed by atoms with E-state index < -0.39 is 0 Å². The van der Waals surface area contributed by atoms with Crippen LogP contribution in [0.5, 0.6) is 0 Å². The van der Waals surface area contributed by atoms with E-state index >= 15 is 0 Å². The zero-order valence-corrected chi connectivity index (χ0v) is 19.9. The van der Waals surface area contributed by atoms with E-state index in [9.17, 15) is 9.59 Å². The normalized spacial score (nSPS) is 9.71. The summed E-state index contributed by atoms with van der Waals surface area (Å²) < 4.78 is 4.15. The van der Waals surface area contributed by atoms with Crippen molar-refractivity contribution in [2.24, 2.45) is 5.73 Å². The van der Waals surface area contributed by atoms with Crippen LogP contribution >= 0.6 is 0 Å². The van der Waals surface area contributed by atoms with Gasteiger partial charge in [0, 0.05) is 0 Å². The summed E-state index contributed by atoms with van der Waals surface area (Å²) in [7, 11) is 0. The Bertz CT molecular complexity index is 997. The Kier molecular flexibility index (Phi) is 12.7. The molecule has 0 saturated heterocycles. The van der Waals surface area contributed by atoms with E-state index in [0.29, 0.717) is 13.1 Å². The molecule has 3 N–H and O–H groups in total. The first kappa shape index (κ1) is 27.0. The number of carbonyl (C=O) groups is 2. The molecule has 0 aliphatic heterocycles. The van der Waals surface area contributed by atoms with E-state index in [1.165, 1.54) is 0 Å². The van der Waals surface area contributed by atoms with Crippen molar-refractivity contribution in [3.05, 3.63) is 144 Å². The maximum absolute atomic E-state index is 10.7. The topological polar surface area (TPSA) is 81.4 Å². The van der Waals surface area contributed by atoms with E-state index in [4.69, 9.17) is 5.73 Å². The van der Waals surface area contributed by atoms with Gasteiger partial charge in [0.15, 0.2) is 0 Å². The Morgan fingerprint density at radius 3 is 1.26 bits per heavy atom. The van der Waals surface area contributed by atoms with E-state index in [1.807, 2.05) is 97.1 Å². The van der Waals surface area contributed by atoms with Gasteiger partial charge in [-0.2, -0.15) is 0 Å². The number of carbonyl (C=O) groups excluding carboxylic acids is 2. The predicted molar refractivity (Wildman–Crippen MR) is 141 cm³/mol. The van der Waals surface area contributed by atoms with Crippen molar-refractivity contribution in [1.82, 2.24) is 5.32 Å². The van der Waals surface area contributed by atoms with E-state index in [-0.39, 0.29) is 12.1 Å². The summed E-state index contributed by atoms with van der Waals surface area (Å²) in [4.78, 5) is 19.8. The lowest BCUT2D eigenvalue weighted by Crippen LogP contribution is -2.20. The van der Waals surface area contributed by atoms with Gasteiger partial charge in [0.05, 0.1) is 18.7 Å². The molecule has 4 aromatic rings. The molecule has 35 heavy (non-hydrogen) atoms. The molecule has 1 amide bonds. The van der Waals surface area contributed by atoms with Gasteiger partial charge >= 0.3 is 0 Å². The molecule has 4 rings (SSSR count). The van der Waals surface area contributed by atoms with Crippen LogP contribution in [0.1, 0.15) is 41.3 Å². The number of hydrogen-bond acceptors (Lipinski definition) is 4. The monoisotopic (exact) mass is 468 g/mol. The number of rotatable bonds is 8. The lowest BCUT2D eigenvalue weighted by atomic mass is 9.99. The third-order valence-corrected chi connectivity index (χ3v) is 5.05. The maximum Gasteiger partial charge on any atom is 0.293 e. The lowest BCUT2D eigenvalue weighted by Gasteiger charge is -2.16. The summed E-state index contributed by atoms with van der Waals surface area (Å²) in [5.41, 5.74) is 10.6. The highest BCUT2D eigenvalue weighted by molar-refractivity contribution is 5.50. The Labute approximate surface area is 207 Å². The van der Waals surface area contributed by atoms with Crippen LogP contribution in [0.15, 0.2) is 121 Å². The fourth-order valence-electron chi connectivity index (χ4n) is 3.33. The molecule has 0 saturated carbocycles. The van der Waals surface area contributed by atoms with Gasteiger partial charge in [0.2, 0.25) is 6.41 Å². The minimum absolute atomic E-state index is 0.0163. The van der Waals surface area contributed by atoms with Crippen LogP contribution in [0.3, 0.4) is 0 Å². The Hall–Kier alpha value is -4.22. The Balaban J connectivity index is 0.000000209. The van der Waals surface area contributed by atoms with Gasteiger partial charge in [0.1, 0.15) is 0 Å². The van der Waals surface area contributed by atoms with Crippen molar-refractivity contribution in [1.29, 1.82) is 0 Å². The fourth-order valence-corrected chi connectivity index (χ4v) is 3.33. The molecule has 0 aliphatic carbocycles. The molecule has 5 nitrogen and oxygen atoms in total. The first-order valence-corrected chi connectivity index (χ1v) is 11.4. The van der Waals surface area contributed by atoms with Crippen molar-refractivity contribution in [3.63, 3.8) is 0 Å². The molecular formula is C30H32N2O3. The second-order valence-corrected chi connectivity index (χ2v) is 7.39. The largest absolute Gasteiger partial charge is 0.468 e. The van der Waals surface area contributed by atoms with Crippen LogP contribution < -0.4 is 11.1 Å². The van der Waals surface area contributed by atoms with Crippen LogP contribution in [-0.4, -0.2) is 19.5 Å². The molecule has 0 fully saturated rings. The second-order valence-electron chi connectivity index (χ2n) is 7.39. The van der Waals surface area contributed by atoms with Crippen molar-refractivity contribution in [2.45, 2.75) is 19.0 Å². The van der Waals surface area contributed by atoms with E-state index in [1.54, 1.807) is 6.92 Å². The average molecular weight is 469 g/mol. The summed E-state index contributed by atoms with van der Waals surface area (Å²) in [6, 6.07) is 40.0. The molecule has 0 unspecified atom stereocenters. The highest BCUT2D eigenvalue weighted by atomic mass is 16.5. The quantitative estimate of drug-likeness (QED) is 0.338. The van der Waals surface area contributed by atoms with Gasteiger partial charge in [-0.1, -0.05) is 121 Å². The maximum atomic E-state index is 10.7. The van der Waals surface area contributed by atoms with E-state index in [2.05, 4.69) is 34.3 Å². The summed E-state index contributed by atoms with van der Waals surface area (Å²) in [6.07, 6.45) is 0.741. The molecule has 0 bridgehead atoms. The molecule has 0 aromatic heterocycles. The zero-order chi connectivity index (χ0) is 25.1. The third-order valence-electron chi connectivity index (χ3n) is 5.05. The Morgan fingerprint density at radius 2 is 1.00 bits per heavy atom. The number of nitrogens with two attached hydrogens (primary N) is 1. The van der Waals surface area contributed by atoms with Crippen molar-refractivity contribution in [3.8, 4) is 0 Å². The minimum atomic E-state index is -0.0695. The Morgan fingerprint density at radius 1 is 0.657 bits per heavy atom. The van der Waals surface area contributed by atoms with Crippen molar-refractivity contribution in [2.75, 3.05) is 6.61 Å². The standard InChI is InChI=1S/C14H13NO.C13H13N.C3H6O2/c16-11-15-14(12-7-3-1-4-8-12)13-9-5-2-6-10-13;14-13(11-7-3-1-4-8-11)12-9-5-2-6-10-12;1-2-5-3-4/h1-11,14H,(H,15,16);1-10,13H,14H2;3H,2H2,1H3. The first-order valence-electron chi connectivity index (χ1n) is 11.4. The summed E-state index contributed by atoms with van der Waals surface area (Å²) in [5, 5.41) is 2.83. The number of hydrogen-bond donors (Lipinski definition) is 2. The van der Waals surface area contributed by atoms with Crippen LogP contribution in [0.25, 0.3) is 0 Å². The number of nitrogens with one attached hydrogen (secondary N) is 1. The number of amides is 1. The molecular weight excluding hydrogens is 436 g/mol. The SMILES string of the molecule is CCOC=O.NC(c1ccccc1)c1ccccc1.O=CNC(c1ccccc1)c1ccccc1. The van der Waals surface area contributed by atoms with Crippen LogP contribution in [0.4, 0.5) is 0 Å². The van der Waals surface area contributed by atoms with Gasteiger partial charge in [-0.15, -0.1) is 0 Å². The van der Waals surface area contributed by atoms with E-state index in [0.717, 1.165) is 28.7 Å². The molecule has 0 heterocycles. The van der Waals surface area contributed by atoms with Gasteiger partial charge in [-0.05, 0) is 29.2 Å². The van der Waals surface area contributed by atoms with Gasteiger partial charge in [-0.25, -0.2) is 0 Å². The highest BCUT2D eigenvalue weighted by Crippen LogP contribution is 2.21. The zero-order valence-electron chi connectivity index (χ0n) is 19.9. The van der Waals surface area contributed by atoms with Gasteiger partial charge in [0.25, 0.3) is 6.47 Å². The second kappa shape index (κ2) is 16.4. The first-order chi connectivity index (χ1) is 17.2. The van der Waals surface area contributed by atoms with Crippen LogP contribution in [-0.2, 0) is 14.3 Å². The lowest BCUT2D eigenvalue weighted by molar-refractivity contribution is -0.128. The van der Waals surface area contributed by atoms with Crippen molar-refractivity contribution >= 4 is 12.9 Å². The minimum Gasteiger partial charge on any atom is -0.468 e. The molecule has 180 valence electrons. The van der Waals surface area contributed by atoms with Crippen LogP contribution in [0.2, 0.25) is 0 Å². The molecule has 5 heteroatoms. The third kappa shape index (κ3) is 9.66. The average Bonchev–Trinajstić information content (AvgIpc) is 2.94. The molecule has 0 radical (unpaired) electrons. The summed E-state index contributed by atoms with van der Waals surface area (Å²) >= 11 is 0. The van der Waals surface area contributed by atoms with Crippen LogP contribution in [0, 0.1) is 0 Å². The smallest absolute Gasteiger partial charge is 0.293 e. The molecule has 0 aliphatic rings. The van der Waals surface area contributed by atoms with Gasteiger partial charge < -0.3 is 15.8 Å². The molecule has 0 spiro atoms. The fraction of sp³-hybridized carbons (Fsp3) is 0.133. The number of ether oxygens (including phenoxy) is 1. The predicted octanol–water partition coefficient (Wildman–Crippen LogP) is 5.44. The summed E-state index contributed by atoms with van der Waals surface area (Å²) in [6.45, 7) is 2.66. The van der Waals surface area contributed by atoms with Gasteiger partial charge in [-0.3, -0.25) is 9.59 Å². The summed E-state index contributed by atoms with van der Waals surface area (Å²) in [5.74, 6) is 0. The van der Waals surface area contributed by atoms with Crippen molar-refractivity contribution < 1.29 is 14.3 Å². The number of benzene rings is 4. The molecule has 4 aromatic carbocycles.